The van der Waals surface area contributed by atoms with Gasteiger partial charge in [-0.25, -0.2) is 0 Å². The minimum absolute atomic E-state index is 0. The van der Waals surface area contributed by atoms with Crippen molar-refractivity contribution in [2.45, 2.75) is 19.4 Å². The first kappa shape index (κ1) is 16.5. The molecule has 1 amide bonds. The summed E-state index contributed by atoms with van der Waals surface area (Å²) in [5, 5.41) is 10.6. The second-order valence-electron chi connectivity index (χ2n) is 5.46. The first-order chi connectivity index (χ1) is 10.1. The Labute approximate surface area is 136 Å². The number of hydrogen-bond acceptors (Lipinski definition) is 3. The third-order valence-electron chi connectivity index (χ3n) is 4.03. The van der Waals surface area contributed by atoms with Gasteiger partial charge in [-0.15, -0.1) is 12.4 Å². The van der Waals surface area contributed by atoms with Gasteiger partial charge >= 0.3 is 0 Å². The summed E-state index contributed by atoms with van der Waals surface area (Å²) in [5.74, 6) is -0.122. The van der Waals surface area contributed by atoms with Crippen molar-refractivity contribution in [3.05, 3.63) is 52.8 Å². The maximum absolute atomic E-state index is 12.2. The molecule has 6 heteroatoms. The number of nitrogens with one attached hydrogen (secondary N) is 2. The van der Waals surface area contributed by atoms with E-state index >= 15 is 0 Å². The fraction of sp³-hybridized carbons (Fsp3) is 0.375. The van der Waals surface area contributed by atoms with E-state index in [9.17, 15) is 4.79 Å². The second-order valence-corrected chi connectivity index (χ2v) is 5.46. The third-order valence-corrected chi connectivity index (χ3v) is 4.03. The van der Waals surface area contributed by atoms with E-state index < -0.39 is 0 Å². The summed E-state index contributed by atoms with van der Waals surface area (Å²) in [4.78, 5) is 12.2. The molecule has 0 radical (unpaired) electrons. The highest BCUT2D eigenvalue weighted by atomic mass is 35.5. The molecule has 1 aromatic heterocycles. The molecular weight excluding hydrogens is 300 g/mol. The minimum atomic E-state index is -0.122. The number of amides is 1. The number of carbonyl (C=O) groups is 1. The highest BCUT2D eigenvalue weighted by Gasteiger charge is 2.20. The van der Waals surface area contributed by atoms with E-state index in [4.69, 9.17) is 0 Å². The lowest BCUT2D eigenvalue weighted by Crippen LogP contribution is -2.39. The van der Waals surface area contributed by atoms with E-state index in [1.54, 1.807) is 10.7 Å². The fourth-order valence-corrected chi connectivity index (χ4v) is 2.73. The van der Waals surface area contributed by atoms with E-state index in [0.29, 0.717) is 12.2 Å². The van der Waals surface area contributed by atoms with Crippen LogP contribution in [-0.4, -0.2) is 28.8 Å². The molecule has 1 aliphatic heterocycles. The van der Waals surface area contributed by atoms with Crippen molar-refractivity contribution in [1.29, 1.82) is 0 Å². The molecule has 2 N–H and O–H groups in total. The number of aromatic nitrogens is 2. The standard InChI is InChI=1S/C16H20N4O.ClH/c1-11-9-14(19-20(11)2)16(21)18-10-15-13-6-4-3-5-12(13)7-8-17-15;/h3-6,9,15,17H,7-8,10H2,1-2H3,(H,18,21);1H. The second kappa shape index (κ2) is 6.94. The molecule has 0 saturated carbocycles. The Kier molecular flexibility index (Phi) is 5.21. The number of carbonyl (C=O) groups excluding carboxylic acids is 1. The number of benzene rings is 1. The lowest BCUT2D eigenvalue weighted by atomic mass is 9.94. The largest absolute Gasteiger partial charge is 0.349 e. The molecule has 1 aromatic carbocycles. The van der Waals surface area contributed by atoms with Crippen LogP contribution in [0.1, 0.15) is 33.4 Å². The summed E-state index contributed by atoms with van der Waals surface area (Å²) in [6.07, 6.45) is 1.04. The van der Waals surface area contributed by atoms with Crippen LogP contribution in [0.25, 0.3) is 0 Å². The molecule has 1 aliphatic rings. The zero-order valence-electron chi connectivity index (χ0n) is 12.8. The van der Waals surface area contributed by atoms with Crippen molar-refractivity contribution in [1.82, 2.24) is 20.4 Å². The number of halogens is 1. The molecular formula is C16H21ClN4O. The Balaban J connectivity index is 0.00000176. The van der Waals surface area contributed by atoms with Crippen molar-refractivity contribution in [2.75, 3.05) is 13.1 Å². The van der Waals surface area contributed by atoms with Crippen LogP contribution in [0.2, 0.25) is 0 Å². The van der Waals surface area contributed by atoms with Crippen LogP contribution in [0, 0.1) is 6.92 Å². The van der Waals surface area contributed by atoms with E-state index in [0.717, 1.165) is 18.7 Å². The first-order valence-corrected chi connectivity index (χ1v) is 7.25. The van der Waals surface area contributed by atoms with Crippen molar-refractivity contribution in [2.24, 2.45) is 7.05 Å². The molecule has 5 nitrogen and oxygen atoms in total. The molecule has 2 heterocycles. The van der Waals surface area contributed by atoms with Crippen LogP contribution >= 0.6 is 12.4 Å². The maximum atomic E-state index is 12.2. The highest BCUT2D eigenvalue weighted by Crippen LogP contribution is 2.21. The molecule has 0 saturated heterocycles. The van der Waals surface area contributed by atoms with Gasteiger partial charge in [0.15, 0.2) is 0 Å². The van der Waals surface area contributed by atoms with Gasteiger partial charge in [-0.3, -0.25) is 9.48 Å². The number of rotatable bonds is 3. The average Bonchev–Trinajstić information content (AvgIpc) is 2.84. The van der Waals surface area contributed by atoms with E-state index in [1.807, 2.05) is 20.0 Å². The maximum Gasteiger partial charge on any atom is 0.271 e. The molecule has 118 valence electrons. The molecule has 0 bridgehead atoms. The van der Waals surface area contributed by atoms with Gasteiger partial charge in [0.25, 0.3) is 5.91 Å². The van der Waals surface area contributed by atoms with Gasteiger partial charge in [0, 0.05) is 25.3 Å². The molecule has 1 atom stereocenters. The zero-order chi connectivity index (χ0) is 14.8. The molecule has 1 unspecified atom stereocenters. The molecule has 0 fully saturated rings. The summed E-state index contributed by atoms with van der Waals surface area (Å²) in [5.41, 5.74) is 4.09. The van der Waals surface area contributed by atoms with Crippen LogP contribution in [0.5, 0.6) is 0 Å². The lowest BCUT2D eigenvalue weighted by molar-refractivity contribution is 0.0943. The van der Waals surface area contributed by atoms with E-state index in [2.05, 4.69) is 33.9 Å². The third kappa shape index (κ3) is 3.31. The summed E-state index contributed by atoms with van der Waals surface area (Å²) in [6.45, 7) is 3.45. The Morgan fingerprint density at radius 3 is 2.95 bits per heavy atom. The Morgan fingerprint density at radius 2 is 2.23 bits per heavy atom. The van der Waals surface area contributed by atoms with Crippen LogP contribution < -0.4 is 10.6 Å². The van der Waals surface area contributed by atoms with Crippen molar-refractivity contribution >= 4 is 18.3 Å². The van der Waals surface area contributed by atoms with Gasteiger partial charge in [-0.05, 0) is 37.1 Å². The monoisotopic (exact) mass is 320 g/mol. The number of aryl methyl sites for hydroxylation is 2. The normalized spacial score (nSPS) is 16.5. The van der Waals surface area contributed by atoms with Gasteiger partial charge in [-0.1, -0.05) is 24.3 Å². The van der Waals surface area contributed by atoms with Crippen molar-refractivity contribution in [3.63, 3.8) is 0 Å². The quantitative estimate of drug-likeness (QED) is 0.906. The summed E-state index contributed by atoms with van der Waals surface area (Å²) >= 11 is 0. The van der Waals surface area contributed by atoms with Gasteiger partial charge in [-0.2, -0.15) is 5.10 Å². The molecule has 22 heavy (non-hydrogen) atoms. The van der Waals surface area contributed by atoms with E-state index in [-0.39, 0.29) is 24.4 Å². The van der Waals surface area contributed by atoms with Crippen LogP contribution in [0.15, 0.2) is 30.3 Å². The van der Waals surface area contributed by atoms with Gasteiger partial charge < -0.3 is 10.6 Å². The smallest absolute Gasteiger partial charge is 0.271 e. The van der Waals surface area contributed by atoms with Gasteiger partial charge in [0.2, 0.25) is 0 Å². The fourth-order valence-electron chi connectivity index (χ4n) is 2.73. The van der Waals surface area contributed by atoms with Crippen molar-refractivity contribution < 1.29 is 4.79 Å². The van der Waals surface area contributed by atoms with Gasteiger partial charge in [0.1, 0.15) is 5.69 Å². The molecule has 0 aliphatic carbocycles. The van der Waals surface area contributed by atoms with Crippen LogP contribution in [-0.2, 0) is 13.5 Å². The lowest BCUT2D eigenvalue weighted by Gasteiger charge is -2.27. The van der Waals surface area contributed by atoms with Crippen molar-refractivity contribution in [3.8, 4) is 0 Å². The Morgan fingerprint density at radius 1 is 1.45 bits per heavy atom. The highest BCUT2D eigenvalue weighted by molar-refractivity contribution is 5.92. The SMILES string of the molecule is Cc1cc(C(=O)NCC2NCCc3ccccc32)nn1C.Cl. The summed E-state index contributed by atoms with van der Waals surface area (Å²) < 4.78 is 1.71. The molecule has 0 spiro atoms. The summed E-state index contributed by atoms with van der Waals surface area (Å²) in [6, 6.07) is 10.4. The molecule has 2 aromatic rings. The van der Waals surface area contributed by atoms with Crippen LogP contribution in [0.4, 0.5) is 0 Å². The van der Waals surface area contributed by atoms with Gasteiger partial charge in [0.05, 0.1) is 0 Å². The molecule has 3 rings (SSSR count). The predicted octanol–water partition coefficient (Wildman–Crippen LogP) is 1.77. The zero-order valence-corrected chi connectivity index (χ0v) is 13.6. The number of hydrogen-bond donors (Lipinski definition) is 2. The average molecular weight is 321 g/mol. The number of nitrogens with zero attached hydrogens (tertiary/aromatic N) is 2. The minimum Gasteiger partial charge on any atom is -0.349 e. The Hall–Kier alpha value is -1.85. The topological polar surface area (TPSA) is 59.0 Å². The van der Waals surface area contributed by atoms with Crippen LogP contribution in [0.3, 0.4) is 0 Å². The Bertz CT molecular complexity index is 648. The first-order valence-electron chi connectivity index (χ1n) is 7.25. The number of fused-ring (bicyclic) bond motifs is 1. The van der Waals surface area contributed by atoms with E-state index in [1.165, 1.54) is 11.1 Å². The predicted molar refractivity (Wildman–Crippen MR) is 88.4 cm³/mol. The summed E-state index contributed by atoms with van der Waals surface area (Å²) in [7, 11) is 1.84.